The Morgan fingerprint density at radius 1 is 0.500 bits per heavy atom. The van der Waals surface area contributed by atoms with Crippen molar-refractivity contribution in [2.75, 3.05) is 41.5 Å². The Morgan fingerprint density at radius 3 is 1.79 bits per heavy atom. The van der Waals surface area contributed by atoms with Crippen LogP contribution in [0.5, 0.6) is 23.0 Å². The third kappa shape index (κ3) is 6.55. The zero-order valence-electron chi connectivity index (χ0n) is 24.7. The molecule has 0 bridgehead atoms. The van der Waals surface area contributed by atoms with Crippen LogP contribution in [0, 0.1) is 0 Å². The largest absolute Gasteiger partial charge is 0.493 e. The Bertz CT molecular complexity index is 1580. The lowest BCUT2D eigenvalue weighted by Gasteiger charge is -2.23. The summed E-state index contributed by atoms with van der Waals surface area (Å²) in [5.74, 6) is 2.91. The number of nitrogens with one attached hydrogen (secondary N) is 2. The highest BCUT2D eigenvalue weighted by Gasteiger charge is 2.18. The van der Waals surface area contributed by atoms with Gasteiger partial charge in [0.15, 0.2) is 23.0 Å². The Morgan fingerprint density at radius 2 is 1.07 bits per heavy atom. The lowest BCUT2D eigenvalue weighted by Crippen LogP contribution is -2.22. The predicted molar refractivity (Wildman–Crippen MR) is 171 cm³/mol. The number of benzene rings is 4. The molecular weight excluding hydrogens is 524 g/mol. The van der Waals surface area contributed by atoms with E-state index in [-0.39, 0.29) is 0 Å². The van der Waals surface area contributed by atoms with Gasteiger partial charge in [-0.05, 0) is 71.5 Å². The van der Waals surface area contributed by atoms with Gasteiger partial charge >= 0.3 is 0 Å². The van der Waals surface area contributed by atoms with E-state index in [0.717, 1.165) is 54.3 Å². The van der Waals surface area contributed by atoms with E-state index in [9.17, 15) is 0 Å². The van der Waals surface area contributed by atoms with Gasteiger partial charge in [0.2, 0.25) is 0 Å². The fraction of sp³-hybridized carbons (Fsp3) is 0.222. The number of rotatable bonds is 6. The number of ether oxygens (including phenoxy) is 4. The zero-order valence-corrected chi connectivity index (χ0v) is 24.7. The molecule has 0 atom stereocenters. The van der Waals surface area contributed by atoms with E-state index in [2.05, 4.69) is 77.4 Å². The fourth-order valence-corrected chi connectivity index (χ4v) is 5.32. The van der Waals surface area contributed by atoms with Crippen LogP contribution in [0.2, 0.25) is 0 Å². The minimum atomic E-state index is 0.709. The lowest BCUT2D eigenvalue weighted by atomic mass is 9.96. The molecule has 0 radical (unpaired) electrons. The lowest BCUT2D eigenvalue weighted by molar-refractivity contribution is 0.354. The average molecular weight is 563 g/mol. The maximum Gasteiger partial charge on any atom is 0.161 e. The topological polar surface area (TPSA) is 61.0 Å². The minimum Gasteiger partial charge on any atom is -0.493 e. The number of fused-ring (bicyclic) bond motifs is 2. The van der Waals surface area contributed by atoms with Crippen molar-refractivity contribution in [3.63, 3.8) is 0 Å². The molecule has 6 rings (SSSR count). The van der Waals surface area contributed by atoms with Crippen molar-refractivity contribution in [1.29, 1.82) is 0 Å². The molecule has 2 heterocycles. The quantitative estimate of drug-likeness (QED) is 0.273. The normalized spacial score (nSPS) is 15.2. The third-order valence-corrected chi connectivity index (χ3v) is 7.46. The summed E-state index contributed by atoms with van der Waals surface area (Å²) in [5.41, 5.74) is 9.69. The van der Waals surface area contributed by atoms with Gasteiger partial charge in [0.1, 0.15) is 0 Å². The molecule has 0 fully saturated rings. The second-order valence-electron chi connectivity index (χ2n) is 10.0. The molecule has 2 aliphatic heterocycles. The summed E-state index contributed by atoms with van der Waals surface area (Å²) in [7, 11) is 6.58. The smallest absolute Gasteiger partial charge is 0.161 e. The summed E-state index contributed by atoms with van der Waals surface area (Å²) in [6, 6.07) is 29.0. The summed E-state index contributed by atoms with van der Waals surface area (Å²) in [5, 5.41) is 6.96. The molecule has 4 aromatic carbocycles. The summed E-state index contributed by atoms with van der Waals surface area (Å²) < 4.78 is 21.6. The van der Waals surface area contributed by atoms with Gasteiger partial charge in [-0.25, -0.2) is 0 Å². The van der Waals surface area contributed by atoms with Crippen LogP contribution in [0.1, 0.15) is 33.4 Å². The number of hydrogen-bond donors (Lipinski definition) is 2. The number of hydrogen-bond acceptors (Lipinski definition) is 6. The van der Waals surface area contributed by atoms with Crippen molar-refractivity contribution in [2.24, 2.45) is 0 Å². The SMILES string of the molecule is C(=C1/NCCc2ccccc21)/c1ccccc1.COc1ccc(/C=C2\NCCc3cc(OC)c(OC)cc32)cc1OC. The highest BCUT2D eigenvalue weighted by Crippen LogP contribution is 2.36. The predicted octanol–water partition coefficient (Wildman–Crippen LogP) is 6.70. The Labute approximate surface area is 248 Å². The Balaban J connectivity index is 0.000000180. The monoisotopic (exact) mass is 562 g/mol. The molecule has 2 aliphatic rings. The fourth-order valence-electron chi connectivity index (χ4n) is 5.32. The van der Waals surface area contributed by atoms with Crippen LogP contribution in [0.15, 0.2) is 84.9 Å². The van der Waals surface area contributed by atoms with Crippen molar-refractivity contribution >= 4 is 23.5 Å². The van der Waals surface area contributed by atoms with Crippen LogP contribution in [-0.4, -0.2) is 41.5 Å². The summed E-state index contributed by atoms with van der Waals surface area (Å²) in [4.78, 5) is 0. The summed E-state index contributed by atoms with van der Waals surface area (Å²) in [6.45, 7) is 1.90. The average Bonchev–Trinajstić information content (AvgIpc) is 3.05. The first kappa shape index (κ1) is 28.7. The van der Waals surface area contributed by atoms with E-state index in [1.807, 2.05) is 30.3 Å². The molecular formula is C36H38N2O4. The van der Waals surface area contributed by atoms with Crippen molar-refractivity contribution < 1.29 is 18.9 Å². The molecule has 0 spiro atoms. The highest BCUT2D eigenvalue weighted by molar-refractivity contribution is 5.84. The Hall–Kier alpha value is -4.84. The van der Waals surface area contributed by atoms with E-state index in [1.165, 1.54) is 28.0 Å². The van der Waals surface area contributed by atoms with E-state index < -0.39 is 0 Å². The molecule has 4 aromatic rings. The molecule has 0 aliphatic carbocycles. The van der Waals surface area contributed by atoms with Crippen molar-refractivity contribution in [1.82, 2.24) is 10.6 Å². The first-order chi connectivity index (χ1) is 20.6. The standard InChI is InChI=1S/C20H23NO4.C16H15N/c1-22-17-6-5-13(10-18(17)23-2)9-16-15-12-20(25-4)19(24-3)11-14(15)7-8-21-16;1-2-6-13(7-3-1)12-16-15-9-5-4-8-14(15)10-11-17-16/h5-6,9-12,21H,7-8H2,1-4H3;1-9,12,17H,10-11H2/b16-9-;16-12-. The van der Waals surface area contributed by atoms with Crippen LogP contribution in [0.25, 0.3) is 23.5 Å². The molecule has 0 aromatic heterocycles. The second-order valence-corrected chi connectivity index (χ2v) is 10.0. The molecule has 2 N–H and O–H groups in total. The van der Waals surface area contributed by atoms with Gasteiger partial charge in [-0.15, -0.1) is 0 Å². The van der Waals surface area contributed by atoms with Crippen molar-refractivity contribution in [3.8, 4) is 23.0 Å². The van der Waals surface area contributed by atoms with E-state index >= 15 is 0 Å². The summed E-state index contributed by atoms with van der Waals surface area (Å²) >= 11 is 0. The molecule has 42 heavy (non-hydrogen) atoms. The maximum atomic E-state index is 5.45. The van der Waals surface area contributed by atoms with Gasteiger partial charge in [-0.3, -0.25) is 0 Å². The zero-order chi connectivity index (χ0) is 29.3. The van der Waals surface area contributed by atoms with Gasteiger partial charge in [-0.2, -0.15) is 0 Å². The van der Waals surface area contributed by atoms with Gasteiger partial charge < -0.3 is 29.6 Å². The van der Waals surface area contributed by atoms with Crippen LogP contribution in [0.4, 0.5) is 0 Å². The first-order valence-corrected chi connectivity index (χ1v) is 14.1. The molecule has 6 nitrogen and oxygen atoms in total. The van der Waals surface area contributed by atoms with E-state index in [4.69, 9.17) is 18.9 Å². The molecule has 216 valence electrons. The van der Waals surface area contributed by atoms with Crippen molar-refractivity contribution in [3.05, 3.63) is 118 Å². The Kier molecular flexibility index (Phi) is 9.34. The van der Waals surface area contributed by atoms with Gasteiger partial charge in [0, 0.05) is 35.6 Å². The molecule has 0 saturated heterocycles. The third-order valence-electron chi connectivity index (χ3n) is 7.46. The van der Waals surface area contributed by atoms with Gasteiger partial charge in [0.05, 0.1) is 28.4 Å². The molecule has 6 heteroatoms. The number of methoxy groups -OCH3 is 4. The van der Waals surface area contributed by atoms with Crippen molar-refractivity contribution in [2.45, 2.75) is 12.8 Å². The van der Waals surface area contributed by atoms with Gasteiger partial charge in [0.25, 0.3) is 0 Å². The van der Waals surface area contributed by atoms with Gasteiger partial charge in [-0.1, -0.05) is 60.7 Å². The van der Waals surface area contributed by atoms with Crippen LogP contribution in [-0.2, 0) is 12.8 Å². The van der Waals surface area contributed by atoms with Crippen LogP contribution < -0.4 is 29.6 Å². The summed E-state index contributed by atoms with van der Waals surface area (Å²) in [6.07, 6.45) is 6.38. The first-order valence-electron chi connectivity index (χ1n) is 14.1. The molecule has 0 amide bonds. The van der Waals surface area contributed by atoms with E-state index in [0.29, 0.717) is 11.5 Å². The molecule has 0 unspecified atom stereocenters. The minimum absolute atomic E-state index is 0.709. The molecule has 0 saturated carbocycles. The van der Waals surface area contributed by atoms with E-state index in [1.54, 1.807) is 28.4 Å². The van der Waals surface area contributed by atoms with Crippen LogP contribution >= 0.6 is 0 Å². The highest BCUT2D eigenvalue weighted by atomic mass is 16.5. The maximum absolute atomic E-state index is 5.45. The second kappa shape index (κ2) is 13.7. The van der Waals surface area contributed by atoms with Crippen LogP contribution in [0.3, 0.4) is 0 Å².